The maximum Gasteiger partial charge on any atom is 0.221 e. The zero-order valence-electron chi connectivity index (χ0n) is 12.8. The third kappa shape index (κ3) is 2.78. The van der Waals surface area contributed by atoms with E-state index in [0.717, 1.165) is 37.6 Å². The van der Waals surface area contributed by atoms with Gasteiger partial charge in [0.2, 0.25) is 5.95 Å². The maximum absolute atomic E-state index is 5.57. The fraction of sp³-hybridized carbons (Fsp3) is 0.500. The van der Waals surface area contributed by atoms with E-state index in [1.165, 1.54) is 16.7 Å². The van der Waals surface area contributed by atoms with Crippen LogP contribution in [-0.4, -0.2) is 27.9 Å². The molecule has 112 valence electrons. The van der Waals surface area contributed by atoms with Gasteiger partial charge in [0, 0.05) is 13.0 Å². The molecular formula is C16H23N5. The quantitative estimate of drug-likeness (QED) is 0.903. The summed E-state index contributed by atoms with van der Waals surface area (Å²) in [5.74, 6) is 1.77. The van der Waals surface area contributed by atoms with Gasteiger partial charge in [0.1, 0.15) is 0 Å². The molecule has 2 aromatic rings. The highest BCUT2D eigenvalue weighted by atomic mass is 15.4. The third-order valence-electron chi connectivity index (χ3n) is 4.19. The Bertz CT molecular complexity index is 632. The molecule has 21 heavy (non-hydrogen) atoms. The summed E-state index contributed by atoms with van der Waals surface area (Å²) in [5, 5.41) is 8.03. The number of nitrogens with one attached hydrogen (secondary N) is 1. The van der Waals surface area contributed by atoms with Gasteiger partial charge < -0.3 is 11.1 Å². The van der Waals surface area contributed by atoms with Gasteiger partial charge in [0.05, 0.1) is 6.04 Å². The molecular weight excluding hydrogens is 262 g/mol. The minimum Gasteiger partial charge on any atom is -0.354 e. The van der Waals surface area contributed by atoms with Gasteiger partial charge >= 0.3 is 0 Å². The number of nitrogens with zero attached hydrogens (tertiary/aromatic N) is 3. The summed E-state index contributed by atoms with van der Waals surface area (Å²) in [6.45, 7) is 5.92. The number of anilines is 1. The standard InChI is InChI=1S/C16H23N5/c1-11-5-6-13(10-12(11)2)14-7-9-18-16-19-15(4-3-8-17)20-21(14)16/h5-6,10,14H,3-4,7-9,17H2,1-2H3,(H,18,19,20). The summed E-state index contributed by atoms with van der Waals surface area (Å²) in [5.41, 5.74) is 9.54. The summed E-state index contributed by atoms with van der Waals surface area (Å²) in [7, 11) is 0. The Labute approximate surface area is 125 Å². The van der Waals surface area contributed by atoms with Crippen LogP contribution in [0.1, 0.15) is 41.4 Å². The molecule has 5 nitrogen and oxygen atoms in total. The summed E-state index contributed by atoms with van der Waals surface area (Å²) >= 11 is 0. The SMILES string of the molecule is Cc1ccc(C2CCNc3nc(CCCN)nn32)cc1C. The van der Waals surface area contributed by atoms with Crippen LogP contribution < -0.4 is 11.1 Å². The van der Waals surface area contributed by atoms with Gasteiger partial charge in [-0.15, -0.1) is 0 Å². The number of aromatic nitrogens is 3. The van der Waals surface area contributed by atoms with Crippen LogP contribution in [0.2, 0.25) is 0 Å². The fourth-order valence-corrected chi connectivity index (χ4v) is 2.79. The summed E-state index contributed by atoms with van der Waals surface area (Å²) in [6.07, 6.45) is 2.81. The number of aryl methyl sites for hydroxylation is 3. The van der Waals surface area contributed by atoms with E-state index in [9.17, 15) is 0 Å². The molecule has 2 heterocycles. The first kappa shape index (κ1) is 14.1. The van der Waals surface area contributed by atoms with Gasteiger partial charge in [0.15, 0.2) is 5.82 Å². The molecule has 1 aliphatic heterocycles. The topological polar surface area (TPSA) is 68.8 Å². The Morgan fingerprint density at radius 2 is 2.19 bits per heavy atom. The van der Waals surface area contributed by atoms with E-state index in [2.05, 4.69) is 47.4 Å². The van der Waals surface area contributed by atoms with Crippen LogP contribution in [0.4, 0.5) is 5.95 Å². The van der Waals surface area contributed by atoms with E-state index >= 15 is 0 Å². The molecule has 1 aromatic heterocycles. The molecule has 5 heteroatoms. The number of hydrogen-bond acceptors (Lipinski definition) is 4. The van der Waals surface area contributed by atoms with Crippen LogP contribution in [-0.2, 0) is 6.42 Å². The van der Waals surface area contributed by atoms with Gasteiger partial charge in [-0.25, -0.2) is 4.68 Å². The highest BCUT2D eigenvalue weighted by molar-refractivity contribution is 5.36. The van der Waals surface area contributed by atoms with Crippen molar-refractivity contribution in [3.05, 3.63) is 40.7 Å². The van der Waals surface area contributed by atoms with Crippen LogP contribution in [0.25, 0.3) is 0 Å². The van der Waals surface area contributed by atoms with Crippen molar-refractivity contribution in [1.29, 1.82) is 0 Å². The molecule has 0 radical (unpaired) electrons. The molecule has 0 aliphatic carbocycles. The molecule has 1 atom stereocenters. The zero-order chi connectivity index (χ0) is 14.8. The summed E-state index contributed by atoms with van der Waals surface area (Å²) in [4.78, 5) is 4.59. The third-order valence-corrected chi connectivity index (χ3v) is 4.19. The Hall–Kier alpha value is -1.88. The lowest BCUT2D eigenvalue weighted by Gasteiger charge is -2.25. The van der Waals surface area contributed by atoms with Gasteiger partial charge in [-0.3, -0.25) is 0 Å². The first-order chi connectivity index (χ1) is 10.2. The van der Waals surface area contributed by atoms with Crippen LogP contribution >= 0.6 is 0 Å². The molecule has 0 amide bonds. The molecule has 1 aliphatic rings. The van der Waals surface area contributed by atoms with Crippen molar-refractivity contribution in [2.24, 2.45) is 5.73 Å². The van der Waals surface area contributed by atoms with Crippen LogP contribution in [0.3, 0.4) is 0 Å². The minimum absolute atomic E-state index is 0.277. The average Bonchev–Trinajstić information content (AvgIpc) is 2.90. The molecule has 1 unspecified atom stereocenters. The molecule has 1 aromatic carbocycles. The van der Waals surface area contributed by atoms with E-state index in [0.29, 0.717) is 6.54 Å². The molecule has 3 N–H and O–H groups in total. The lowest BCUT2D eigenvalue weighted by Crippen LogP contribution is -2.24. The van der Waals surface area contributed by atoms with Crippen molar-refractivity contribution in [3.8, 4) is 0 Å². The number of hydrogen-bond donors (Lipinski definition) is 2. The summed E-state index contributed by atoms with van der Waals surface area (Å²) in [6, 6.07) is 6.96. The molecule has 3 rings (SSSR count). The molecule has 0 spiro atoms. The minimum atomic E-state index is 0.277. The second-order valence-electron chi connectivity index (χ2n) is 5.76. The van der Waals surface area contributed by atoms with Gasteiger partial charge in [-0.05, 0) is 49.9 Å². The number of fused-ring (bicyclic) bond motifs is 1. The maximum atomic E-state index is 5.57. The lowest BCUT2D eigenvalue weighted by atomic mass is 9.98. The first-order valence-electron chi connectivity index (χ1n) is 7.65. The predicted molar refractivity (Wildman–Crippen MR) is 84.6 cm³/mol. The van der Waals surface area contributed by atoms with Gasteiger partial charge in [0.25, 0.3) is 0 Å². The van der Waals surface area contributed by atoms with E-state index in [4.69, 9.17) is 5.73 Å². The van der Waals surface area contributed by atoms with E-state index < -0.39 is 0 Å². The molecule has 0 saturated heterocycles. The van der Waals surface area contributed by atoms with Crippen molar-refractivity contribution in [3.63, 3.8) is 0 Å². The fourth-order valence-electron chi connectivity index (χ4n) is 2.79. The van der Waals surface area contributed by atoms with Gasteiger partial charge in [-0.1, -0.05) is 18.2 Å². The smallest absolute Gasteiger partial charge is 0.221 e. The Balaban J connectivity index is 1.92. The van der Waals surface area contributed by atoms with Crippen molar-refractivity contribution < 1.29 is 0 Å². The van der Waals surface area contributed by atoms with E-state index in [1.54, 1.807) is 0 Å². The second-order valence-corrected chi connectivity index (χ2v) is 5.76. The Morgan fingerprint density at radius 3 is 2.95 bits per heavy atom. The average molecular weight is 285 g/mol. The van der Waals surface area contributed by atoms with Crippen LogP contribution in [0.5, 0.6) is 0 Å². The number of rotatable bonds is 4. The van der Waals surface area contributed by atoms with Crippen molar-refractivity contribution in [2.75, 3.05) is 18.4 Å². The predicted octanol–water partition coefficient (Wildman–Crippen LogP) is 2.19. The molecule has 0 fully saturated rings. The zero-order valence-corrected chi connectivity index (χ0v) is 12.8. The largest absolute Gasteiger partial charge is 0.354 e. The normalized spacial score (nSPS) is 17.4. The first-order valence-corrected chi connectivity index (χ1v) is 7.65. The van der Waals surface area contributed by atoms with Crippen molar-refractivity contribution in [2.45, 2.75) is 39.2 Å². The van der Waals surface area contributed by atoms with Crippen LogP contribution in [0, 0.1) is 13.8 Å². The molecule has 0 bridgehead atoms. The lowest BCUT2D eigenvalue weighted by molar-refractivity contribution is 0.476. The monoisotopic (exact) mass is 285 g/mol. The van der Waals surface area contributed by atoms with E-state index in [-0.39, 0.29) is 6.04 Å². The number of nitrogens with two attached hydrogens (primary N) is 1. The highest BCUT2D eigenvalue weighted by Crippen LogP contribution is 2.29. The van der Waals surface area contributed by atoms with E-state index in [1.807, 2.05) is 4.68 Å². The van der Waals surface area contributed by atoms with Crippen molar-refractivity contribution >= 4 is 5.95 Å². The number of benzene rings is 1. The van der Waals surface area contributed by atoms with Crippen molar-refractivity contribution in [1.82, 2.24) is 14.8 Å². The Morgan fingerprint density at radius 1 is 1.33 bits per heavy atom. The molecule has 0 saturated carbocycles. The van der Waals surface area contributed by atoms with Crippen LogP contribution in [0.15, 0.2) is 18.2 Å². The Kier molecular flexibility index (Phi) is 3.92. The second kappa shape index (κ2) is 5.85. The summed E-state index contributed by atoms with van der Waals surface area (Å²) < 4.78 is 2.04. The van der Waals surface area contributed by atoms with Gasteiger partial charge in [-0.2, -0.15) is 10.1 Å². The highest BCUT2D eigenvalue weighted by Gasteiger charge is 2.24.